The van der Waals surface area contributed by atoms with Crippen molar-refractivity contribution in [2.75, 3.05) is 0 Å². The summed E-state index contributed by atoms with van der Waals surface area (Å²) >= 11 is 0. The van der Waals surface area contributed by atoms with Gasteiger partial charge in [0, 0.05) is 18.6 Å². The highest BCUT2D eigenvalue weighted by Gasteiger charge is 2.23. The fourth-order valence-electron chi connectivity index (χ4n) is 2.25. The highest BCUT2D eigenvalue weighted by molar-refractivity contribution is 5.71. The van der Waals surface area contributed by atoms with Crippen molar-refractivity contribution in [2.24, 2.45) is 11.6 Å². The molecule has 0 atom stereocenters. The molecule has 0 saturated heterocycles. The van der Waals surface area contributed by atoms with Crippen LogP contribution in [0.1, 0.15) is 43.9 Å². The molecule has 6 heteroatoms. The first-order valence-electron chi connectivity index (χ1n) is 7.57. The number of hydrogen-bond acceptors (Lipinski definition) is 5. The van der Waals surface area contributed by atoms with Crippen LogP contribution >= 0.6 is 0 Å². The SMILES string of the molecule is CC.N/C(C=O)=C\N(N)Cc1cn2cc(C3CC3)ccc2n1. The van der Waals surface area contributed by atoms with Crippen LogP contribution in [0.15, 0.2) is 36.4 Å². The number of hydrazine groups is 1. The first-order valence-corrected chi connectivity index (χ1v) is 7.57. The summed E-state index contributed by atoms with van der Waals surface area (Å²) in [6.45, 7) is 4.40. The lowest BCUT2D eigenvalue weighted by molar-refractivity contribution is -0.105. The average Bonchev–Trinajstić information content (AvgIpc) is 3.29. The van der Waals surface area contributed by atoms with Crippen LogP contribution in [0.2, 0.25) is 0 Å². The van der Waals surface area contributed by atoms with Crippen LogP contribution in [0.25, 0.3) is 5.65 Å². The van der Waals surface area contributed by atoms with E-state index >= 15 is 0 Å². The topological polar surface area (TPSA) is 89.7 Å². The average molecular weight is 301 g/mol. The predicted molar refractivity (Wildman–Crippen MR) is 86.6 cm³/mol. The van der Waals surface area contributed by atoms with Crippen molar-refractivity contribution >= 4 is 11.9 Å². The Morgan fingerprint density at radius 2 is 2.14 bits per heavy atom. The van der Waals surface area contributed by atoms with Crippen LogP contribution in [0.3, 0.4) is 0 Å². The number of aldehydes is 1. The second kappa shape index (κ2) is 7.09. The molecule has 3 rings (SSSR count). The van der Waals surface area contributed by atoms with Gasteiger partial charge in [-0.2, -0.15) is 0 Å². The van der Waals surface area contributed by atoms with E-state index in [1.54, 1.807) is 0 Å². The highest BCUT2D eigenvalue weighted by atomic mass is 16.1. The van der Waals surface area contributed by atoms with E-state index in [1.165, 1.54) is 29.6 Å². The Morgan fingerprint density at radius 3 is 2.77 bits per heavy atom. The lowest BCUT2D eigenvalue weighted by Gasteiger charge is -2.11. The molecular formula is C16H23N5O. The molecule has 0 amide bonds. The number of nitrogens with zero attached hydrogens (tertiary/aromatic N) is 3. The van der Waals surface area contributed by atoms with Gasteiger partial charge in [-0.05, 0) is 30.4 Å². The Kier molecular flexibility index (Phi) is 5.16. The minimum Gasteiger partial charge on any atom is -0.395 e. The molecule has 1 fully saturated rings. The normalized spacial score (nSPS) is 14.4. The van der Waals surface area contributed by atoms with Gasteiger partial charge in [-0.25, -0.2) is 10.8 Å². The monoisotopic (exact) mass is 301 g/mol. The number of carbonyl (C=O) groups is 1. The molecule has 1 aliphatic carbocycles. The van der Waals surface area contributed by atoms with Gasteiger partial charge in [0.25, 0.3) is 0 Å². The van der Waals surface area contributed by atoms with Crippen molar-refractivity contribution in [1.82, 2.24) is 14.4 Å². The van der Waals surface area contributed by atoms with E-state index in [2.05, 4.69) is 17.2 Å². The lowest BCUT2D eigenvalue weighted by atomic mass is 10.2. The summed E-state index contributed by atoms with van der Waals surface area (Å²) in [5.74, 6) is 6.48. The number of carbonyl (C=O) groups excluding carboxylic acids is 1. The molecule has 6 nitrogen and oxygen atoms in total. The minimum absolute atomic E-state index is 0.0901. The standard InChI is InChI=1S/C14H17N5O.C2H6/c15-12(9-20)6-19(16)8-13-7-18-5-11(10-1-2-10)3-4-14(18)17-13;1-2/h3-7,9-10H,1-2,8,15-16H2;1-2H3/b12-6-;. The third-order valence-electron chi connectivity index (χ3n) is 3.37. The molecule has 2 aromatic rings. The summed E-state index contributed by atoms with van der Waals surface area (Å²) in [5, 5.41) is 1.35. The van der Waals surface area contributed by atoms with Gasteiger partial charge in [-0.15, -0.1) is 0 Å². The van der Waals surface area contributed by atoms with E-state index in [0.717, 1.165) is 11.3 Å². The molecule has 0 radical (unpaired) electrons. The molecule has 1 saturated carbocycles. The molecule has 22 heavy (non-hydrogen) atoms. The van der Waals surface area contributed by atoms with Gasteiger partial charge in [-0.3, -0.25) is 4.79 Å². The van der Waals surface area contributed by atoms with Crippen LogP contribution in [0.5, 0.6) is 0 Å². The number of fused-ring (bicyclic) bond motifs is 1. The fourth-order valence-corrected chi connectivity index (χ4v) is 2.25. The molecule has 1 aliphatic rings. The van der Waals surface area contributed by atoms with Crippen LogP contribution in [0.4, 0.5) is 0 Å². The maximum absolute atomic E-state index is 10.4. The van der Waals surface area contributed by atoms with E-state index < -0.39 is 0 Å². The van der Waals surface area contributed by atoms with Crippen molar-refractivity contribution in [1.29, 1.82) is 0 Å². The lowest BCUT2D eigenvalue weighted by Crippen LogP contribution is -2.26. The van der Waals surface area contributed by atoms with E-state index in [-0.39, 0.29) is 5.70 Å². The molecule has 2 heterocycles. The summed E-state index contributed by atoms with van der Waals surface area (Å²) in [5.41, 5.74) is 8.58. The Balaban J connectivity index is 0.000000847. The van der Waals surface area contributed by atoms with Gasteiger partial charge in [0.15, 0.2) is 6.29 Å². The molecule has 4 N–H and O–H groups in total. The summed E-state index contributed by atoms with van der Waals surface area (Å²) in [6, 6.07) is 4.15. The zero-order valence-electron chi connectivity index (χ0n) is 13.1. The van der Waals surface area contributed by atoms with Gasteiger partial charge < -0.3 is 15.1 Å². The Morgan fingerprint density at radius 1 is 1.41 bits per heavy atom. The van der Waals surface area contributed by atoms with Gasteiger partial charge in [0.05, 0.1) is 17.9 Å². The Hall–Kier alpha value is -2.34. The maximum atomic E-state index is 10.4. The Bertz CT molecular complexity index is 672. The third-order valence-corrected chi connectivity index (χ3v) is 3.37. The van der Waals surface area contributed by atoms with Crippen LogP contribution < -0.4 is 11.6 Å². The zero-order chi connectivity index (χ0) is 16.1. The van der Waals surface area contributed by atoms with Crippen LogP contribution in [-0.2, 0) is 11.3 Å². The fraction of sp³-hybridized carbons (Fsp3) is 0.375. The smallest absolute Gasteiger partial charge is 0.167 e. The molecule has 0 aromatic carbocycles. The molecule has 2 aromatic heterocycles. The van der Waals surface area contributed by atoms with Gasteiger partial charge in [0.1, 0.15) is 5.65 Å². The van der Waals surface area contributed by atoms with Crippen LogP contribution in [0, 0.1) is 0 Å². The van der Waals surface area contributed by atoms with Gasteiger partial charge >= 0.3 is 0 Å². The second-order valence-electron chi connectivity index (χ2n) is 5.15. The molecule has 0 unspecified atom stereocenters. The number of rotatable bonds is 5. The molecule has 0 spiro atoms. The van der Waals surface area contributed by atoms with Crippen molar-refractivity contribution < 1.29 is 4.79 Å². The number of imidazole rings is 1. The number of aromatic nitrogens is 2. The van der Waals surface area contributed by atoms with Crippen molar-refractivity contribution in [3.8, 4) is 0 Å². The number of nitrogens with two attached hydrogens (primary N) is 2. The van der Waals surface area contributed by atoms with E-state index in [0.29, 0.717) is 18.7 Å². The number of hydrogen-bond donors (Lipinski definition) is 2. The summed E-state index contributed by atoms with van der Waals surface area (Å²) in [7, 11) is 0. The Labute approximate surface area is 130 Å². The van der Waals surface area contributed by atoms with Gasteiger partial charge in [0.2, 0.25) is 0 Å². The first kappa shape index (κ1) is 16.0. The van der Waals surface area contributed by atoms with Crippen molar-refractivity contribution in [3.05, 3.63) is 47.7 Å². The summed E-state index contributed by atoms with van der Waals surface area (Å²) in [6.07, 6.45) is 8.59. The third kappa shape index (κ3) is 3.85. The van der Waals surface area contributed by atoms with Crippen LogP contribution in [-0.4, -0.2) is 20.7 Å². The quantitative estimate of drug-likeness (QED) is 0.381. The zero-order valence-corrected chi connectivity index (χ0v) is 13.1. The summed E-state index contributed by atoms with van der Waals surface area (Å²) in [4.78, 5) is 14.9. The van der Waals surface area contributed by atoms with E-state index in [4.69, 9.17) is 11.6 Å². The largest absolute Gasteiger partial charge is 0.395 e. The van der Waals surface area contributed by atoms with Gasteiger partial charge in [-0.1, -0.05) is 19.9 Å². The van der Waals surface area contributed by atoms with Crippen molar-refractivity contribution in [3.63, 3.8) is 0 Å². The summed E-state index contributed by atoms with van der Waals surface area (Å²) < 4.78 is 2.02. The van der Waals surface area contributed by atoms with E-state index in [9.17, 15) is 4.79 Å². The first-order chi connectivity index (χ1) is 10.7. The highest BCUT2D eigenvalue weighted by Crippen LogP contribution is 2.39. The molecule has 0 bridgehead atoms. The maximum Gasteiger partial charge on any atom is 0.167 e. The number of pyridine rings is 1. The molecule has 0 aliphatic heterocycles. The molecule has 118 valence electrons. The number of allylic oxidation sites excluding steroid dienone is 1. The predicted octanol–water partition coefficient (Wildman–Crippen LogP) is 1.91. The molecular weight excluding hydrogens is 278 g/mol. The minimum atomic E-state index is 0.0901. The second-order valence-corrected chi connectivity index (χ2v) is 5.15. The van der Waals surface area contributed by atoms with Crippen molar-refractivity contribution in [2.45, 2.75) is 39.2 Å². The van der Waals surface area contributed by atoms with E-state index in [1.807, 2.05) is 30.5 Å².